The van der Waals surface area contributed by atoms with Crippen LogP contribution < -0.4 is 10.6 Å². The van der Waals surface area contributed by atoms with Gasteiger partial charge in [0.2, 0.25) is 5.91 Å². The number of rotatable bonds is 7. The minimum absolute atomic E-state index is 0.0438. The van der Waals surface area contributed by atoms with Gasteiger partial charge in [-0.25, -0.2) is 4.39 Å². The molecule has 1 fully saturated rings. The van der Waals surface area contributed by atoms with Crippen LogP contribution >= 0.6 is 0 Å². The summed E-state index contributed by atoms with van der Waals surface area (Å²) in [6.45, 7) is 0.414. The van der Waals surface area contributed by atoms with Gasteiger partial charge in [-0.15, -0.1) is 0 Å². The zero-order valence-corrected chi connectivity index (χ0v) is 13.2. The fourth-order valence-electron chi connectivity index (χ4n) is 2.82. The molecule has 0 aliphatic heterocycles. The van der Waals surface area contributed by atoms with Crippen LogP contribution in [0.3, 0.4) is 0 Å². The van der Waals surface area contributed by atoms with Crippen molar-refractivity contribution in [3.05, 3.63) is 39.7 Å². The van der Waals surface area contributed by atoms with Crippen molar-refractivity contribution in [2.75, 3.05) is 13.1 Å². The van der Waals surface area contributed by atoms with Crippen molar-refractivity contribution in [1.29, 1.82) is 0 Å². The molecule has 0 saturated heterocycles. The Morgan fingerprint density at radius 1 is 1.21 bits per heavy atom. The Balaban J connectivity index is 1.73. The Hall–Kier alpha value is -2.51. The van der Waals surface area contributed by atoms with E-state index in [-0.39, 0.29) is 24.6 Å². The van der Waals surface area contributed by atoms with Crippen molar-refractivity contribution < 1.29 is 18.9 Å². The molecule has 2 amide bonds. The van der Waals surface area contributed by atoms with Gasteiger partial charge in [-0.05, 0) is 24.8 Å². The first-order chi connectivity index (χ1) is 11.5. The van der Waals surface area contributed by atoms with Gasteiger partial charge < -0.3 is 10.6 Å². The Morgan fingerprint density at radius 2 is 1.88 bits per heavy atom. The first-order valence-electron chi connectivity index (χ1n) is 7.96. The number of non-ortho nitro benzene ring substituents is 1. The van der Waals surface area contributed by atoms with E-state index in [0.29, 0.717) is 18.4 Å². The van der Waals surface area contributed by atoms with Crippen LogP contribution in [0.4, 0.5) is 10.1 Å². The number of carbonyl (C=O) groups is 2. The third-order valence-electron chi connectivity index (χ3n) is 4.09. The topological polar surface area (TPSA) is 101 Å². The molecule has 0 unspecified atom stereocenters. The Bertz CT molecular complexity index is 630. The second-order valence-corrected chi connectivity index (χ2v) is 5.88. The van der Waals surface area contributed by atoms with Crippen molar-refractivity contribution in [1.82, 2.24) is 10.6 Å². The molecule has 1 aromatic rings. The van der Waals surface area contributed by atoms with Crippen LogP contribution in [-0.4, -0.2) is 29.8 Å². The maximum Gasteiger partial charge on any atom is 0.272 e. The summed E-state index contributed by atoms with van der Waals surface area (Å²) in [7, 11) is 0. The van der Waals surface area contributed by atoms with Gasteiger partial charge in [-0.1, -0.05) is 12.8 Å². The second kappa shape index (κ2) is 8.37. The monoisotopic (exact) mass is 337 g/mol. The quantitative estimate of drug-likeness (QED) is 0.452. The fraction of sp³-hybridized carbons (Fsp3) is 0.500. The first kappa shape index (κ1) is 17.8. The molecule has 1 saturated carbocycles. The van der Waals surface area contributed by atoms with Gasteiger partial charge in [0, 0.05) is 25.6 Å². The normalized spacial score (nSPS) is 14.4. The Morgan fingerprint density at radius 3 is 2.50 bits per heavy atom. The summed E-state index contributed by atoms with van der Waals surface area (Å²) in [6, 6.07) is 2.85. The van der Waals surface area contributed by atoms with Gasteiger partial charge in [0.1, 0.15) is 5.82 Å². The molecule has 1 aliphatic rings. The maximum atomic E-state index is 13.7. The van der Waals surface area contributed by atoms with E-state index in [1.54, 1.807) is 0 Å². The molecule has 0 heterocycles. The smallest absolute Gasteiger partial charge is 0.272 e. The van der Waals surface area contributed by atoms with Gasteiger partial charge in [-0.3, -0.25) is 19.7 Å². The van der Waals surface area contributed by atoms with Crippen molar-refractivity contribution in [3.8, 4) is 0 Å². The van der Waals surface area contributed by atoms with E-state index in [2.05, 4.69) is 10.6 Å². The van der Waals surface area contributed by atoms with Crippen LogP contribution in [0.25, 0.3) is 0 Å². The average Bonchev–Trinajstić information content (AvgIpc) is 3.04. The Labute approximate surface area is 138 Å². The molecule has 0 radical (unpaired) electrons. The molecule has 7 nitrogen and oxygen atoms in total. The summed E-state index contributed by atoms with van der Waals surface area (Å²) in [5.41, 5.74) is -0.680. The molecule has 2 rings (SSSR count). The number of carbonyl (C=O) groups excluding carboxylic acids is 2. The molecule has 0 spiro atoms. The predicted octanol–water partition coefficient (Wildman–Crippen LogP) is 2.16. The number of amides is 2. The lowest BCUT2D eigenvalue weighted by molar-refractivity contribution is -0.385. The van der Waals surface area contributed by atoms with Crippen LogP contribution in [0.1, 0.15) is 42.5 Å². The highest BCUT2D eigenvalue weighted by molar-refractivity contribution is 5.94. The highest BCUT2D eigenvalue weighted by Gasteiger charge is 2.18. The van der Waals surface area contributed by atoms with Crippen molar-refractivity contribution in [3.63, 3.8) is 0 Å². The largest absolute Gasteiger partial charge is 0.354 e. The molecule has 0 atom stereocenters. The molecule has 1 aromatic carbocycles. The van der Waals surface area contributed by atoms with Crippen LogP contribution in [0.2, 0.25) is 0 Å². The molecule has 0 aromatic heterocycles. The van der Waals surface area contributed by atoms with Crippen LogP contribution in [0, 0.1) is 21.8 Å². The number of benzene rings is 1. The third kappa shape index (κ3) is 5.00. The van der Waals surface area contributed by atoms with Crippen LogP contribution in [0.15, 0.2) is 18.2 Å². The van der Waals surface area contributed by atoms with E-state index in [1.807, 2.05) is 0 Å². The highest BCUT2D eigenvalue weighted by atomic mass is 19.1. The number of nitro benzene ring substituents is 1. The van der Waals surface area contributed by atoms with Crippen LogP contribution in [-0.2, 0) is 4.79 Å². The summed E-state index contributed by atoms with van der Waals surface area (Å²) >= 11 is 0. The summed E-state index contributed by atoms with van der Waals surface area (Å²) in [5, 5.41) is 15.7. The number of hydrogen-bond acceptors (Lipinski definition) is 4. The van der Waals surface area contributed by atoms with E-state index in [0.717, 1.165) is 25.0 Å². The number of hydrogen-bond donors (Lipinski definition) is 2. The number of nitrogens with one attached hydrogen (secondary N) is 2. The molecule has 1 aliphatic carbocycles. The number of nitro groups is 1. The summed E-state index contributed by atoms with van der Waals surface area (Å²) < 4.78 is 13.7. The zero-order chi connectivity index (χ0) is 17.5. The lowest BCUT2D eigenvalue weighted by Gasteiger charge is -2.10. The van der Waals surface area contributed by atoms with E-state index in [4.69, 9.17) is 0 Å². The number of halogens is 1. The van der Waals surface area contributed by atoms with Crippen LogP contribution in [0.5, 0.6) is 0 Å². The SMILES string of the molecule is O=C(CC1CCCC1)NCCNC(=O)c1ccc([N+](=O)[O-])cc1F. The highest BCUT2D eigenvalue weighted by Crippen LogP contribution is 2.27. The summed E-state index contributed by atoms with van der Waals surface area (Å²) in [5.74, 6) is -1.22. The minimum Gasteiger partial charge on any atom is -0.354 e. The standard InChI is InChI=1S/C16H20FN3O4/c17-14-10-12(20(23)24)5-6-13(14)16(22)19-8-7-18-15(21)9-11-3-1-2-4-11/h5-6,10-11H,1-4,7-9H2,(H,18,21)(H,19,22). The molecule has 8 heteroatoms. The molecule has 2 N–H and O–H groups in total. The van der Waals surface area contributed by atoms with Gasteiger partial charge in [0.15, 0.2) is 0 Å². The van der Waals surface area contributed by atoms with Gasteiger partial charge in [0.05, 0.1) is 16.6 Å². The fourth-order valence-corrected chi connectivity index (χ4v) is 2.82. The second-order valence-electron chi connectivity index (χ2n) is 5.88. The van der Waals surface area contributed by atoms with E-state index in [1.165, 1.54) is 12.8 Å². The van der Waals surface area contributed by atoms with Gasteiger partial charge >= 0.3 is 0 Å². The van der Waals surface area contributed by atoms with Crippen molar-refractivity contribution in [2.24, 2.45) is 5.92 Å². The molecule has 24 heavy (non-hydrogen) atoms. The molecule has 0 bridgehead atoms. The van der Waals surface area contributed by atoms with Gasteiger partial charge in [-0.2, -0.15) is 0 Å². The van der Waals surface area contributed by atoms with Crippen molar-refractivity contribution in [2.45, 2.75) is 32.1 Å². The Kier molecular flexibility index (Phi) is 6.22. The molecular formula is C16H20FN3O4. The van der Waals surface area contributed by atoms with Crippen molar-refractivity contribution >= 4 is 17.5 Å². The first-order valence-corrected chi connectivity index (χ1v) is 7.96. The summed E-state index contributed by atoms with van der Waals surface area (Å²) in [6.07, 6.45) is 5.03. The lowest BCUT2D eigenvalue weighted by Crippen LogP contribution is -2.35. The van der Waals surface area contributed by atoms with E-state index in [9.17, 15) is 24.1 Å². The minimum atomic E-state index is -0.952. The molecular weight excluding hydrogens is 317 g/mol. The molecule has 130 valence electrons. The lowest BCUT2D eigenvalue weighted by atomic mass is 10.0. The average molecular weight is 337 g/mol. The third-order valence-corrected chi connectivity index (χ3v) is 4.09. The van der Waals surface area contributed by atoms with E-state index >= 15 is 0 Å². The predicted molar refractivity (Wildman–Crippen MR) is 85.0 cm³/mol. The number of nitrogens with zero attached hydrogens (tertiary/aromatic N) is 1. The maximum absolute atomic E-state index is 13.7. The zero-order valence-electron chi connectivity index (χ0n) is 13.2. The van der Waals surface area contributed by atoms with E-state index < -0.39 is 22.3 Å². The van der Waals surface area contributed by atoms with Gasteiger partial charge in [0.25, 0.3) is 11.6 Å². The summed E-state index contributed by atoms with van der Waals surface area (Å²) in [4.78, 5) is 33.4.